The van der Waals surface area contributed by atoms with Gasteiger partial charge in [0.25, 0.3) is 0 Å². The predicted molar refractivity (Wildman–Crippen MR) is 68.7 cm³/mol. The number of hydrogen-bond donors (Lipinski definition) is 1. The van der Waals surface area contributed by atoms with E-state index in [9.17, 15) is 14.4 Å². The van der Waals surface area contributed by atoms with Crippen LogP contribution in [0.2, 0.25) is 0 Å². The van der Waals surface area contributed by atoms with Crippen LogP contribution in [-0.2, 0) is 19.1 Å². The summed E-state index contributed by atoms with van der Waals surface area (Å²) in [6, 6.07) is 0. The molecule has 0 radical (unpaired) electrons. The van der Waals surface area contributed by atoms with Gasteiger partial charge in [0.15, 0.2) is 0 Å². The highest BCUT2D eigenvalue weighted by atomic mass is 16.7. The number of rotatable bonds is 4. The molecular formula is C12H21NO6. The second-order valence-electron chi connectivity index (χ2n) is 4.07. The summed E-state index contributed by atoms with van der Waals surface area (Å²) in [4.78, 5) is 32.6. The van der Waals surface area contributed by atoms with Gasteiger partial charge in [0, 0.05) is 6.08 Å². The largest absolute Gasteiger partial charge is 0.516 e. The molecule has 7 heteroatoms. The SMILES string of the molecule is C=CC(=O)OC(=O)OCC.CN(C)C(C)(C)C(=O)O. The minimum atomic E-state index is -0.993. The van der Waals surface area contributed by atoms with Crippen molar-refractivity contribution in [2.45, 2.75) is 26.3 Å². The van der Waals surface area contributed by atoms with Crippen LogP contribution < -0.4 is 0 Å². The average Bonchev–Trinajstić information content (AvgIpc) is 2.29. The Kier molecular flexibility index (Phi) is 9.31. The van der Waals surface area contributed by atoms with Crippen LogP contribution in [-0.4, -0.2) is 54.3 Å². The number of likely N-dealkylation sites (N-methyl/N-ethyl adjacent to an activating group) is 1. The van der Waals surface area contributed by atoms with Crippen LogP contribution in [0.1, 0.15) is 20.8 Å². The summed E-state index contributed by atoms with van der Waals surface area (Å²) >= 11 is 0. The highest BCUT2D eigenvalue weighted by Crippen LogP contribution is 2.08. The molecule has 0 heterocycles. The maximum Gasteiger partial charge on any atom is 0.516 e. The molecular weight excluding hydrogens is 254 g/mol. The molecule has 0 atom stereocenters. The second kappa shape index (κ2) is 9.09. The molecule has 0 aromatic heterocycles. The monoisotopic (exact) mass is 275 g/mol. The normalized spacial score (nSPS) is 10.0. The van der Waals surface area contributed by atoms with Gasteiger partial charge in [0.2, 0.25) is 0 Å². The highest BCUT2D eigenvalue weighted by molar-refractivity contribution is 5.89. The Morgan fingerprint density at radius 1 is 1.32 bits per heavy atom. The molecule has 0 unspecified atom stereocenters. The molecule has 1 N–H and O–H groups in total. The number of esters is 1. The lowest BCUT2D eigenvalue weighted by atomic mass is 10.1. The van der Waals surface area contributed by atoms with Crippen LogP contribution in [0.4, 0.5) is 4.79 Å². The minimum absolute atomic E-state index is 0.184. The van der Waals surface area contributed by atoms with Crippen LogP contribution in [0.25, 0.3) is 0 Å². The van der Waals surface area contributed by atoms with E-state index in [4.69, 9.17) is 5.11 Å². The first-order chi connectivity index (χ1) is 8.59. The summed E-state index contributed by atoms with van der Waals surface area (Å²) in [5, 5.41) is 8.57. The maximum atomic E-state index is 10.4. The van der Waals surface area contributed by atoms with Crippen molar-refractivity contribution in [3.63, 3.8) is 0 Å². The molecule has 19 heavy (non-hydrogen) atoms. The molecule has 7 nitrogen and oxygen atoms in total. The maximum absolute atomic E-state index is 10.4. The third-order valence-electron chi connectivity index (χ3n) is 2.25. The molecule has 0 spiro atoms. The molecule has 0 saturated heterocycles. The van der Waals surface area contributed by atoms with E-state index < -0.39 is 23.6 Å². The summed E-state index contributed by atoms with van der Waals surface area (Å²) in [6.07, 6.45) is -0.107. The number of hydrogen-bond acceptors (Lipinski definition) is 6. The lowest BCUT2D eigenvalue weighted by Crippen LogP contribution is -2.45. The van der Waals surface area contributed by atoms with Gasteiger partial charge in [-0.3, -0.25) is 9.69 Å². The highest BCUT2D eigenvalue weighted by Gasteiger charge is 2.28. The Morgan fingerprint density at radius 2 is 1.79 bits per heavy atom. The van der Waals surface area contributed by atoms with E-state index in [1.807, 2.05) is 0 Å². The first kappa shape index (κ1) is 19.4. The van der Waals surface area contributed by atoms with Crippen LogP contribution in [0.3, 0.4) is 0 Å². The Morgan fingerprint density at radius 3 is 2.00 bits per heavy atom. The second-order valence-corrected chi connectivity index (χ2v) is 4.07. The summed E-state index contributed by atoms with van der Waals surface area (Å²) in [5.74, 6) is -1.61. The predicted octanol–water partition coefficient (Wildman–Crippen LogP) is 1.28. The van der Waals surface area contributed by atoms with Crippen molar-refractivity contribution >= 4 is 18.1 Å². The van der Waals surface area contributed by atoms with Crippen LogP contribution in [0.15, 0.2) is 12.7 Å². The molecule has 0 aliphatic heterocycles. The van der Waals surface area contributed by atoms with Gasteiger partial charge in [-0.15, -0.1) is 0 Å². The third kappa shape index (κ3) is 8.78. The number of nitrogens with zero attached hydrogens (tertiary/aromatic N) is 1. The number of carboxylic acid groups (broad SMARTS) is 1. The number of carbonyl (C=O) groups excluding carboxylic acids is 2. The Balaban J connectivity index is 0. The molecule has 0 aliphatic rings. The van der Waals surface area contributed by atoms with Crippen molar-refractivity contribution in [1.82, 2.24) is 4.90 Å². The molecule has 0 aromatic carbocycles. The van der Waals surface area contributed by atoms with Gasteiger partial charge in [-0.05, 0) is 34.9 Å². The van der Waals surface area contributed by atoms with Gasteiger partial charge in [0.1, 0.15) is 5.54 Å². The molecule has 0 rings (SSSR count). The van der Waals surface area contributed by atoms with E-state index >= 15 is 0 Å². The number of aliphatic carboxylic acids is 1. The van der Waals surface area contributed by atoms with Crippen molar-refractivity contribution in [2.75, 3.05) is 20.7 Å². The molecule has 0 amide bonds. The third-order valence-corrected chi connectivity index (χ3v) is 2.25. The van der Waals surface area contributed by atoms with Gasteiger partial charge in [-0.2, -0.15) is 0 Å². The van der Waals surface area contributed by atoms with Crippen molar-refractivity contribution < 1.29 is 29.0 Å². The van der Waals surface area contributed by atoms with Gasteiger partial charge in [-0.1, -0.05) is 6.58 Å². The molecule has 0 aliphatic carbocycles. The fourth-order valence-corrected chi connectivity index (χ4v) is 0.462. The van der Waals surface area contributed by atoms with E-state index in [1.165, 1.54) is 0 Å². The quantitative estimate of drug-likeness (QED) is 0.469. The molecule has 110 valence electrons. The summed E-state index contributed by atoms with van der Waals surface area (Å²) in [5.41, 5.74) is -0.750. The molecule has 0 bridgehead atoms. The lowest BCUT2D eigenvalue weighted by Gasteiger charge is -2.27. The van der Waals surface area contributed by atoms with Crippen LogP contribution in [0.5, 0.6) is 0 Å². The van der Waals surface area contributed by atoms with E-state index in [1.54, 1.807) is 39.8 Å². The van der Waals surface area contributed by atoms with E-state index in [0.29, 0.717) is 0 Å². The topological polar surface area (TPSA) is 93.1 Å². The fraction of sp³-hybridized carbons (Fsp3) is 0.583. The Bertz CT molecular complexity index is 335. The zero-order valence-corrected chi connectivity index (χ0v) is 11.9. The van der Waals surface area contributed by atoms with Crippen LogP contribution in [0, 0.1) is 0 Å². The zero-order chi connectivity index (χ0) is 15.6. The average molecular weight is 275 g/mol. The standard InChI is InChI=1S/C6H13NO2.C6H8O4/c1-6(2,5(8)9)7(3)4;1-3-5(7)10-6(8)9-4-2/h1-4H3,(H,8,9);3H,1,4H2,2H3. The van der Waals surface area contributed by atoms with E-state index in [2.05, 4.69) is 16.1 Å². The Hall–Kier alpha value is -1.89. The number of ether oxygens (including phenoxy) is 2. The summed E-state index contributed by atoms with van der Waals surface area (Å²) in [6.45, 7) is 8.21. The number of carboxylic acids is 1. The van der Waals surface area contributed by atoms with Crippen molar-refractivity contribution in [3.05, 3.63) is 12.7 Å². The van der Waals surface area contributed by atoms with Crippen molar-refractivity contribution in [1.29, 1.82) is 0 Å². The van der Waals surface area contributed by atoms with E-state index in [-0.39, 0.29) is 6.61 Å². The van der Waals surface area contributed by atoms with Gasteiger partial charge in [-0.25, -0.2) is 9.59 Å². The molecule has 0 saturated carbocycles. The minimum Gasteiger partial charge on any atom is -0.480 e. The Labute approximate surface area is 112 Å². The van der Waals surface area contributed by atoms with Crippen LogP contribution >= 0.6 is 0 Å². The van der Waals surface area contributed by atoms with E-state index in [0.717, 1.165) is 6.08 Å². The molecule has 0 fully saturated rings. The van der Waals surface area contributed by atoms with Crippen molar-refractivity contribution in [2.24, 2.45) is 0 Å². The lowest BCUT2D eigenvalue weighted by molar-refractivity contribution is -0.147. The number of carbonyl (C=O) groups is 3. The van der Waals surface area contributed by atoms with Gasteiger partial charge >= 0.3 is 18.1 Å². The molecule has 0 aromatic rings. The van der Waals surface area contributed by atoms with Gasteiger partial charge < -0.3 is 14.6 Å². The summed E-state index contributed by atoms with van der Waals surface area (Å²) < 4.78 is 8.31. The zero-order valence-electron chi connectivity index (χ0n) is 11.9. The van der Waals surface area contributed by atoms with Gasteiger partial charge in [0.05, 0.1) is 6.61 Å². The fourth-order valence-electron chi connectivity index (χ4n) is 0.462. The smallest absolute Gasteiger partial charge is 0.480 e. The first-order valence-electron chi connectivity index (χ1n) is 5.51. The van der Waals surface area contributed by atoms with Crippen molar-refractivity contribution in [3.8, 4) is 0 Å². The first-order valence-corrected chi connectivity index (χ1v) is 5.51. The summed E-state index contributed by atoms with van der Waals surface area (Å²) in [7, 11) is 3.49.